The predicted octanol–water partition coefficient (Wildman–Crippen LogP) is 1.97. The average molecular weight is 375 g/mol. The van der Waals surface area contributed by atoms with E-state index in [-0.39, 0.29) is 28.7 Å². The van der Waals surface area contributed by atoms with Gasteiger partial charge in [-0.25, -0.2) is 9.18 Å². The van der Waals surface area contributed by atoms with Gasteiger partial charge in [-0.15, -0.1) is 0 Å². The SMILES string of the molecule is COc1cc(F)cc2c(=O)c(C(=O)O)c(N3CCC(CN)C3)n(C3CC3)c12. The molecule has 1 atom stereocenters. The van der Waals surface area contributed by atoms with Gasteiger partial charge in [-0.2, -0.15) is 0 Å². The van der Waals surface area contributed by atoms with E-state index in [0.29, 0.717) is 31.0 Å². The summed E-state index contributed by atoms with van der Waals surface area (Å²) in [5, 5.41) is 9.86. The van der Waals surface area contributed by atoms with Gasteiger partial charge in [-0.1, -0.05) is 0 Å². The number of methoxy groups -OCH3 is 1. The first kappa shape index (κ1) is 17.8. The van der Waals surface area contributed by atoms with E-state index in [0.717, 1.165) is 25.3 Å². The minimum Gasteiger partial charge on any atom is -0.494 e. The lowest BCUT2D eigenvalue weighted by atomic mass is 10.1. The third-order valence-electron chi connectivity index (χ3n) is 5.47. The second-order valence-corrected chi connectivity index (χ2v) is 7.27. The van der Waals surface area contributed by atoms with Crippen LogP contribution in [0, 0.1) is 11.7 Å². The minimum absolute atomic E-state index is 0.0365. The number of carboxylic acids is 1. The lowest BCUT2D eigenvalue weighted by molar-refractivity contribution is 0.0695. The van der Waals surface area contributed by atoms with Crippen LogP contribution in [0.15, 0.2) is 16.9 Å². The number of halogens is 1. The molecule has 1 aliphatic carbocycles. The molecule has 4 rings (SSSR count). The smallest absolute Gasteiger partial charge is 0.343 e. The molecule has 27 heavy (non-hydrogen) atoms. The third-order valence-corrected chi connectivity index (χ3v) is 5.47. The van der Waals surface area contributed by atoms with Gasteiger partial charge in [0, 0.05) is 25.2 Å². The molecule has 3 N–H and O–H groups in total. The van der Waals surface area contributed by atoms with Crippen LogP contribution in [-0.4, -0.2) is 42.4 Å². The van der Waals surface area contributed by atoms with Crippen LogP contribution in [0.2, 0.25) is 0 Å². The Kier molecular flexibility index (Phi) is 4.30. The highest BCUT2D eigenvalue weighted by molar-refractivity contribution is 6.00. The molecule has 0 spiro atoms. The predicted molar refractivity (Wildman–Crippen MR) is 99.3 cm³/mol. The van der Waals surface area contributed by atoms with Crippen molar-refractivity contribution in [3.8, 4) is 5.75 Å². The molecule has 1 unspecified atom stereocenters. The van der Waals surface area contributed by atoms with Crippen molar-refractivity contribution in [2.45, 2.75) is 25.3 Å². The summed E-state index contributed by atoms with van der Waals surface area (Å²) in [6, 6.07) is 2.40. The molecule has 1 saturated heterocycles. The molecule has 2 fully saturated rings. The summed E-state index contributed by atoms with van der Waals surface area (Å²) < 4.78 is 21.3. The van der Waals surface area contributed by atoms with Crippen molar-refractivity contribution in [2.24, 2.45) is 11.7 Å². The van der Waals surface area contributed by atoms with Gasteiger partial charge in [0.25, 0.3) is 0 Å². The highest BCUT2D eigenvalue weighted by atomic mass is 19.1. The Balaban J connectivity index is 2.10. The monoisotopic (exact) mass is 375 g/mol. The summed E-state index contributed by atoms with van der Waals surface area (Å²) >= 11 is 0. The fourth-order valence-electron chi connectivity index (χ4n) is 4.02. The molecule has 1 aromatic carbocycles. The van der Waals surface area contributed by atoms with Crippen molar-refractivity contribution in [1.82, 2.24) is 4.57 Å². The van der Waals surface area contributed by atoms with Gasteiger partial charge >= 0.3 is 5.97 Å². The largest absolute Gasteiger partial charge is 0.494 e. The lowest BCUT2D eigenvalue weighted by Crippen LogP contribution is -2.32. The molecular formula is C19H22FN3O4. The topological polar surface area (TPSA) is 97.8 Å². The number of hydrogen-bond donors (Lipinski definition) is 2. The van der Waals surface area contributed by atoms with Gasteiger partial charge in [0.2, 0.25) is 5.43 Å². The quantitative estimate of drug-likeness (QED) is 0.829. The molecule has 2 aliphatic rings. The van der Waals surface area contributed by atoms with E-state index in [1.807, 2.05) is 9.47 Å². The molecule has 1 aromatic heterocycles. The fourth-order valence-corrected chi connectivity index (χ4v) is 4.02. The number of aromatic carboxylic acids is 1. The van der Waals surface area contributed by atoms with Crippen molar-refractivity contribution >= 4 is 22.7 Å². The van der Waals surface area contributed by atoms with Crippen LogP contribution in [-0.2, 0) is 0 Å². The molecule has 8 heteroatoms. The molecule has 7 nitrogen and oxygen atoms in total. The zero-order valence-corrected chi connectivity index (χ0v) is 15.1. The zero-order valence-electron chi connectivity index (χ0n) is 15.1. The average Bonchev–Trinajstić information content (AvgIpc) is 3.37. The summed E-state index contributed by atoms with van der Waals surface area (Å²) in [7, 11) is 1.42. The Morgan fingerprint density at radius 2 is 2.11 bits per heavy atom. The molecule has 0 amide bonds. The molecule has 1 saturated carbocycles. The number of carbonyl (C=O) groups is 1. The highest BCUT2D eigenvalue weighted by Crippen LogP contribution is 2.44. The lowest BCUT2D eigenvalue weighted by Gasteiger charge is -2.27. The number of nitrogens with two attached hydrogens (primary N) is 1. The first-order valence-electron chi connectivity index (χ1n) is 9.10. The van der Waals surface area contributed by atoms with Crippen LogP contribution in [0.1, 0.15) is 35.7 Å². The number of hydrogen-bond acceptors (Lipinski definition) is 5. The van der Waals surface area contributed by atoms with E-state index in [2.05, 4.69) is 0 Å². The minimum atomic E-state index is -1.30. The number of rotatable bonds is 5. The Morgan fingerprint density at radius 3 is 2.67 bits per heavy atom. The number of pyridine rings is 1. The van der Waals surface area contributed by atoms with Crippen molar-refractivity contribution < 1.29 is 19.0 Å². The van der Waals surface area contributed by atoms with Crippen LogP contribution in [0.4, 0.5) is 10.2 Å². The molecule has 1 aliphatic heterocycles. The van der Waals surface area contributed by atoms with E-state index in [1.54, 1.807) is 0 Å². The van der Waals surface area contributed by atoms with Crippen LogP contribution in [0.5, 0.6) is 5.75 Å². The number of nitrogens with zero attached hydrogens (tertiary/aromatic N) is 2. The molecule has 0 radical (unpaired) electrons. The molecular weight excluding hydrogens is 353 g/mol. The Bertz CT molecular complexity index is 983. The maximum Gasteiger partial charge on any atom is 0.343 e. The van der Waals surface area contributed by atoms with Gasteiger partial charge in [0.15, 0.2) is 0 Å². The number of carboxylic acid groups (broad SMARTS) is 1. The number of fused-ring (bicyclic) bond motifs is 1. The Morgan fingerprint density at radius 1 is 1.37 bits per heavy atom. The van der Waals surface area contributed by atoms with Crippen molar-refractivity contribution in [1.29, 1.82) is 0 Å². The van der Waals surface area contributed by atoms with Gasteiger partial charge < -0.3 is 25.0 Å². The maximum atomic E-state index is 14.0. The Labute approximate surface area is 155 Å². The van der Waals surface area contributed by atoms with Gasteiger partial charge in [0.05, 0.1) is 18.0 Å². The van der Waals surface area contributed by atoms with E-state index < -0.39 is 17.2 Å². The molecule has 2 heterocycles. The maximum absolute atomic E-state index is 14.0. The molecule has 144 valence electrons. The fraction of sp³-hybridized carbons (Fsp3) is 0.474. The van der Waals surface area contributed by atoms with Crippen LogP contribution in [0.3, 0.4) is 0 Å². The van der Waals surface area contributed by atoms with E-state index >= 15 is 0 Å². The molecule has 0 bridgehead atoms. The summed E-state index contributed by atoms with van der Waals surface area (Å²) in [6.45, 7) is 1.73. The van der Waals surface area contributed by atoms with Crippen molar-refractivity contribution in [3.05, 3.63) is 33.7 Å². The number of anilines is 1. The van der Waals surface area contributed by atoms with Crippen molar-refractivity contribution in [2.75, 3.05) is 31.6 Å². The van der Waals surface area contributed by atoms with Crippen LogP contribution in [0.25, 0.3) is 10.9 Å². The number of ether oxygens (including phenoxy) is 1. The third kappa shape index (κ3) is 2.84. The summed E-state index contributed by atoms with van der Waals surface area (Å²) in [5.74, 6) is -1.05. The van der Waals surface area contributed by atoms with E-state index in [1.165, 1.54) is 13.2 Å². The second-order valence-electron chi connectivity index (χ2n) is 7.27. The van der Waals surface area contributed by atoms with Crippen molar-refractivity contribution in [3.63, 3.8) is 0 Å². The van der Waals surface area contributed by atoms with Gasteiger partial charge in [0.1, 0.15) is 22.9 Å². The standard InChI is InChI=1S/C19H22FN3O4/c1-27-14-7-11(20)6-13-16(14)23(12-2-3-12)18(15(17(13)24)19(25)26)22-5-4-10(8-21)9-22/h6-7,10,12H,2-5,8-9,21H2,1H3,(H,25,26). The van der Waals surface area contributed by atoms with Crippen LogP contribution < -0.4 is 20.8 Å². The number of benzene rings is 1. The highest BCUT2D eigenvalue weighted by Gasteiger charge is 2.36. The summed E-state index contributed by atoms with van der Waals surface area (Å²) in [6.07, 6.45) is 2.59. The van der Waals surface area contributed by atoms with Gasteiger partial charge in [-0.3, -0.25) is 4.79 Å². The second kappa shape index (κ2) is 6.53. The zero-order chi connectivity index (χ0) is 19.3. The first-order chi connectivity index (χ1) is 13.0. The molecule has 2 aromatic rings. The van der Waals surface area contributed by atoms with E-state index in [4.69, 9.17) is 10.5 Å². The summed E-state index contributed by atoms with van der Waals surface area (Å²) in [5.41, 5.74) is 5.26. The van der Waals surface area contributed by atoms with Crippen LogP contribution >= 0.6 is 0 Å². The Hall–Kier alpha value is -2.61. The number of aromatic nitrogens is 1. The first-order valence-corrected chi connectivity index (χ1v) is 9.10. The normalized spacial score (nSPS) is 19.7. The van der Waals surface area contributed by atoms with Gasteiger partial charge in [-0.05, 0) is 37.8 Å². The van der Waals surface area contributed by atoms with E-state index in [9.17, 15) is 19.1 Å². The summed E-state index contributed by atoms with van der Waals surface area (Å²) in [4.78, 5) is 27.0.